The lowest BCUT2D eigenvalue weighted by Gasteiger charge is -2.40. The molecule has 37 heavy (non-hydrogen) atoms. The Hall–Kier alpha value is -3.44. The van der Waals surface area contributed by atoms with Crippen LogP contribution in [0.1, 0.15) is 37.3 Å². The van der Waals surface area contributed by atoms with Crippen LogP contribution in [0.5, 0.6) is 6.01 Å². The first-order valence-electron chi connectivity index (χ1n) is 12.9. The van der Waals surface area contributed by atoms with E-state index >= 15 is 0 Å². The number of nitrogens with two attached hydrogens (primary N) is 1. The number of benzene rings is 1. The van der Waals surface area contributed by atoms with Gasteiger partial charge in [-0.15, -0.1) is 0 Å². The highest BCUT2D eigenvalue weighted by molar-refractivity contribution is 5.81. The van der Waals surface area contributed by atoms with Gasteiger partial charge in [0.2, 0.25) is 0 Å². The largest absolute Gasteiger partial charge is 0.481 e. The van der Waals surface area contributed by atoms with Gasteiger partial charge in [0.05, 0.1) is 13.0 Å². The van der Waals surface area contributed by atoms with Crippen molar-refractivity contribution in [1.29, 1.82) is 0 Å². The smallest absolute Gasteiger partial charge is 0.327 e. The van der Waals surface area contributed by atoms with Crippen LogP contribution in [0, 0.1) is 0 Å². The van der Waals surface area contributed by atoms with Gasteiger partial charge in [-0.3, -0.25) is 14.3 Å². The molecule has 0 spiro atoms. The highest BCUT2D eigenvalue weighted by atomic mass is 16.5. The number of hydrogen-bond donors (Lipinski definition) is 3. The van der Waals surface area contributed by atoms with E-state index in [1.807, 2.05) is 24.3 Å². The summed E-state index contributed by atoms with van der Waals surface area (Å²) in [5, 5.41) is 9.00. The van der Waals surface area contributed by atoms with E-state index in [-0.39, 0.29) is 23.9 Å². The molecule has 1 fully saturated rings. The van der Waals surface area contributed by atoms with E-state index in [4.69, 9.17) is 15.6 Å². The van der Waals surface area contributed by atoms with Crippen molar-refractivity contribution in [2.75, 3.05) is 45.6 Å². The molecule has 0 aliphatic carbocycles. The lowest BCUT2D eigenvalue weighted by Crippen LogP contribution is -2.53. The molecule has 11 heteroatoms. The number of nitrogens with one attached hydrogen (secondary N) is 1. The number of rotatable bonds is 12. The third kappa shape index (κ3) is 6.86. The number of hydrogen-bond acceptors (Lipinski definition) is 8. The molecule has 0 bridgehead atoms. The minimum Gasteiger partial charge on any atom is -0.481 e. The van der Waals surface area contributed by atoms with Gasteiger partial charge in [-0.25, -0.2) is 4.79 Å². The maximum absolute atomic E-state index is 12.7. The predicted octanol–water partition coefficient (Wildman–Crippen LogP) is 1.76. The summed E-state index contributed by atoms with van der Waals surface area (Å²) in [6.07, 6.45) is 3.58. The van der Waals surface area contributed by atoms with E-state index in [1.165, 1.54) is 5.56 Å². The zero-order valence-electron chi connectivity index (χ0n) is 21.7. The molecule has 1 aliphatic heterocycles. The maximum atomic E-state index is 12.7. The van der Waals surface area contributed by atoms with Crippen LogP contribution in [-0.4, -0.2) is 86.3 Å². The van der Waals surface area contributed by atoms with Gasteiger partial charge in [0.25, 0.3) is 0 Å². The molecule has 11 nitrogen and oxygen atoms in total. The van der Waals surface area contributed by atoms with Crippen molar-refractivity contribution in [1.82, 2.24) is 29.3 Å². The number of aliphatic carboxylic acids is 1. The fraction of sp³-hybridized carbons (Fsp3) is 0.538. The van der Waals surface area contributed by atoms with E-state index in [2.05, 4.69) is 38.7 Å². The third-order valence-electron chi connectivity index (χ3n) is 6.84. The summed E-state index contributed by atoms with van der Waals surface area (Å²) in [6.45, 7) is 6.82. The van der Waals surface area contributed by atoms with Crippen LogP contribution in [0.3, 0.4) is 0 Å². The van der Waals surface area contributed by atoms with Crippen LogP contribution in [-0.2, 0) is 24.2 Å². The van der Waals surface area contributed by atoms with Crippen molar-refractivity contribution in [2.24, 2.45) is 0 Å². The number of nitrogens with zero attached hydrogens (tertiary/aromatic N) is 5. The summed E-state index contributed by atoms with van der Waals surface area (Å²) >= 11 is 0. The van der Waals surface area contributed by atoms with Crippen molar-refractivity contribution < 1.29 is 14.6 Å². The highest BCUT2D eigenvalue weighted by Crippen LogP contribution is 2.19. The average molecular weight is 512 g/mol. The Kier molecular flexibility index (Phi) is 8.78. The SMILES string of the molecule is CCCCOc1nc(N)c2[nH]c(=O)n(CCCN3CCN(C)CC3Cc3ccc(CC(=O)O)cc3)c2n1. The zero-order chi connectivity index (χ0) is 26.4. The van der Waals surface area contributed by atoms with Gasteiger partial charge in [-0.1, -0.05) is 37.6 Å². The molecule has 1 aromatic carbocycles. The number of fused-ring (bicyclic) bond motifs is 1. The molecule has 1 unspecified atom stereocenters. The van der Waals surface area contributed by atoms with Crippen molar-refractivity contribution >= 4 is 23.0 Å². The number of likely N-dealkylation sites (N-methyl/N-ethyl adjacent to an activating group) is 1. The molecule has 3 aromatic rings. The standard InChI is InChI=1S/C26H37N7O4/c1-3-4-14-37-25-29-23(27)22-24(30-25)33(26(36)28-22)11-5-10-32-13-12-31(2)17-20(32)15-18-6-8-19(9-7-18)16-21(34)35/h6-9,20H,3-5,10-17H2,1-2H3,(H,28,36)(H,34,35)(H2,27,29,30). The van der Waals surface area contributed by atoms with Crippen LogP contribution in [0.25, 0.3) is 11.2 Å². The van der Waals surface area contributed by atoms with Crippen molar-refractivity contribution in [3.8, 4) is 6.01 Å². The molecule has 4 rings (SSSR count). The van der Waals surface area contributed by atoms with Gasteiger partial charge in [-0.05, 0) is 37.4 Å². The van der Waals surface area contributed by atoms with E-state index < -0.39 is 5.97 Å². The number of ether oxygens (including phenoxy) is 1. The first kappa shape index (κ1) is 26.6. The van der Waals surface area contributed by atoms with Gasteiger partial charge in [0.15, 0.2) is 11.5 Å². The van der Waals surface area contributed by atoms with Crippen LogP contribution in [0.2, 0.25) is 0 Å². The predicted molar refractivity (Wildman–Crippen MR) is 142 cm³/mol. The number of carboxylic acids is 1. The molecule has 200 valence electrons. The molecule has 1 saturated heterocycles. The molecule has 1 aliphatic rings. The Morgan fingerprint density at radius 3 is 2.65 bits per heavy atom. The Morgan fingerprint density at radius 2 is 1.92 bits per heavy atom. The second-order valence-corrected chi connectivity index (χ2v) is 9.77. The quantitative estimate of drug-likeness (QED) is 0.310. The van der Waals surface area contributed by atoms with E-state index in [1.54, 1.807) is 4.57 Å². The number of aromatic amines is 1. The second-order valence-electron chi connectivity index (χ2n) is 9.77. The summed E-state index contributed by atoms with van der Waals surface area (Å²) in [4.78, 5) is 39.9. The molecule has 0 saturated carbocycles. The molecule has 3 heterocycles. The number of piperazine rings is 1. The molecule has 0 amide bonds. The van der Waals surface area contributed by atoms with Crippen molar-refractivity contribution in [3.63, 3.8) is 0 Å². The van der Waals surface area contributed by atoms with Gasteiger partial charge in [0, 0.05) is 38.8 Å². The number of unbranched alkanes of at least 4 members (excludes halogenated alkanes) is 1. The fourth-order valence-corrected chi connectivity index (χ4v) is 4.82. The summed E-state index contributed by atoms with van der Waals surface area (Å²) in [5.74, 6) is -0.614. The third-order valence-corrected chi connectivity index (χ3v) is 6.84. The summed E-state index contributed by atoms with van der Waals surface area (Å²) in [6, 6.07) is 8.39. The van der Waals surface area contributed by atoms with Crippen LogP contribution in [0.15, 0.2) is 29.1 Å². The Bertz CT molecular complexity index is 1250. The highest BCUT2D eigenvalue weighted by Gasteiger charge is 2.25. The minimum atomic E-state index is -0.823. The molecule has 2 aromatic heterocycles. The lowest BCUT2D eigenvalue weighted by molar-refractivity contribution is -0.136. The van der Waals surface area contributed by atoms with Crippen molar-refractivity contribution in [3.05, 3.63) is 45.9 Å². The molecular formula is C26H37N7O4. The normalized spacial score (nSPS) is 16.9. The minimum absolute atomic E-state index is 0.0364. The second kappa shape index (κ2) is 12.2. The summed E-state index contributed by atoms with van der Waals surface area (Å²) in [5.41, 5.74) is 8.73. The number of carbonyl (C=O) groups is 1. The fourth-order valence-electron chi connectivity index (χ4n) is 4.82. The first-order valence-corrected chi connectivity index (χ1v) is 12.9. The number of aromatic nitrogens is 4. The number of imidazole rings is 1. The van der Waals surface area contributed by atoms with E-state index in [9.17, 15) is 9.59 Å². The van der Waals surface area contributed by atoms with Crippen molar-refractivity contribution in [2.45, 2.75) is 51.6 Å². The summed E-state index contributed by atoms with van der Waals surface area (Å²) in [7, 11) is 2.13. The van der Waals surface area contributed by atoms with E-state index in [0.717, 1.165) is 57.4 Å². The van der Waals surface area contributed by atoms with Crippen LogP contribution >= 0.6 is 0 Å². The molecule has 4 N–H and O–H groups in total. The molecule has 1 atom stereocenters. The number of aryl methyl sites for hydroxylation is 1. The first-order chi connectivity index (χ1) is 17.8. The van der Waals surface area contributed by atoms with Crippen LogP contribution < -0.4 is 16.2 Å². The van der Waals surface area contributed by atoms with E-state index in [0.29, 0.717) is 30.4 Å². The number of carboxylic acid groups (broad SMARTS) is 1. The van der Waals surface area contributed by atoms with Gasteiger partial charge < -0.3 is 25.5 Å². The van der Waals surface area contributed by atoms with Gasteiger partial charge >= 0.3 is 17.7 Å². The van der Waals surface area contributed by atoms with Gasteiger partial charge in [0.1, 0.15) is 5.52 Å². The van der Waals surface area contributed by atoms with Gasteiger partial charge in [-0.2, -0.15) is 9.97 Å². The monoisotopic (exact) mass is 511 g/mol. The number of nitrogen functional groups attached to an aromatic ring is 1. The maximum Gasteiger partial charge on any atom is 0.327 e. The topological polar surface area (TPSA) is 143 Å². The lowest BCUT2D eigenvalue weighted by atomic mass is 10.00. The Morgan fingerprint density at radius 1 is 1.16 bits per heavy atom. The molecule has 0 radical (unpaired) electrons. The number of anilines is 1. The Balaban J connectivity index is 1.41. The number of H-pyrrole nitrogens is 1. The Labute approximate surface area is 216 Å². The summed E-state index contributed by atoms with van der Waals surface area (Å²) < 4.78 is 7.25. The molecular weight excluding hydrogens is 474 g/mol. The zero-order valence-corrected chi connectivity index (χ0v) is 21.7. The van der Waals surface area contributed by atoms with Crippen LogP contribution in [0.4, 0.5) is 5.82 Å². The average Bonchev–Trinajstić information content (AvgIpc) is 3.17.